The van der Waals surface area contributed by atoms with Gasteiger partial charge in [0, 0.05) is 0 Å². The Balaban J connectivity index is 2.40. The molecule has 2 rings (SSSR count). The Morgan fingerprint density at radius 3 is 2.29 bits per heavy atom. The van der Waals surface area contributed by atoms with Gasteiger partial charge in [0.2, 0.25) is 0 Å². The topological polar surface area (TPSA) is 21.3 Å². The van der Waals surface area contributed by atoms with Crippen LogP contribution in [0.2, 0.25) is 0 Å². The van der Waals surface area contributed by atoms with Crippen molar-refractivity contribution < 1.29 is 4.74 Å². The van der Waals surface area contributed by atoms with Crippen LogP contribution in [-0.2, 0) is 0 Å². The molecule has 0 spiro atoms. The highest BCUT2D eigenvalue weighted by Crippen LogP contribution is 2.26. The lowest BCUT2D eigenvalue weighted by molar-refractivity contribution is 0.339. The van der Waals surface area contributed by atoms with E-state index in [-0.39, 0.29) is 6.04 Å². The maximum atomic E-state index is 5.63. The summed E-state index contributed by atoms with van der Waals surface area (Å²) in [6, 6.07) is 15.3. The minimum absolute atomic E-state index is 0.203. The molecule has 0 aromatic heterocycles. The van der Waals surface area contributed by atoms with Gasteiger partial charge in [0.15, 0.2) is 0 Å². The second-order valence-electron chi connectivity index (χ2n) is 5.42. The standard InChI is InChI=1S/C19H25NO/c1-5-20-19(17-11-14(3)10-15(4)12-17)16-8-7-9-18(13-16)21-6-2/h7-13,19-20H,5-6H2,1-4H3. The molecule has 2 aromatic carbocycles. The summed E-state index contributed by atoms with van der Waals surface area (Å²) >= 11 is 0. The fourth-order valence-electron chi connectivity index (χ4n) is 2.76. The number of rotatable bonds is 6. The molecule has 0 saturated heterocycles. The first-order valence-electron chi connectivity index (χ1n) is 7.68. The van der Waals surface area contributed by atoms with E-state index in [0.717, 1.165) is 12.3 Å². The van der Waals surface area contributed by atoms with Crippen LogP contribution in [-0.4, -0.2) is 13.2 Å². The molecular formula is C19H25NO. The second-order valence-corrected chi connectivity index (χ2v) is 5.42. The summed E-state index contributed by atoms with van der Waals surface area (Å²) in [5, 5.41) is 3.58. The van der Waals surface area contributed by atoms with Crippen LogP contribution in [0, 0.1) is 13.8 Å². The molecule has 2 aromatic rings. The maximum absolute atomic E-state index is 5.63. The highest BCUT2D eigenvalue weighted by Gasteiger charge is 2.14. The molecule has 0 heterocycles. The summed E-state index contributed by atoms with van der Waals surface area (Å²) in [5.41, 5.74) is 5.15. The summed E-state index contributed by atoms with van der Waals surface area (Å²) in [5.74, 6) is 0.933. The Morgan fingerprint density at radius 2 is 1.67 bits per heavy atom. The number of hydrogen-bond donors (Lipinski definition) is 1. The number of aryl methyl sites for hydroxylation is 2. The Kier molecular flexibility index (Phi) is 5.40. The molecule has 112 valence electrons. The van der Waals surface area contributed by atoms with Crippen molar-refractivity contribution in [1.29, 1.82) is 0 Å². The predicted molar refractivity (Wildman–Crippen MR) is 89.0 cm³/mol. The van der Waals surface area contributed by atoms with Gasteiger partial charge in [-0.25, -0.2) is 0 Å². The van der Waals surface area contributed by atoms with Crippen molar-refractivity contribution in [3.63, 3.8) is 0 Å². The van der Waals surface area contributed by atoms with Crippen molar-refractivity contribution in [3.8, 4) is 5.75 Å². The van der Waals surface area contributed by atoms with E-state index in [9.17, 15) is 0 Å². The number of benzene rings is 2. The van der Waals surface area contributed by atoms with E-state index >= 15 is 0 Å². The zero-order valence-electron chi connectivity index (χ0n) is 13.4. The fraction of sp³-hybridized carbons (Fsp3) is 0.368. The summed E-state index contributed by atoms with van der Waals surface area (Å²) in [7, 11) is 0. The number of nitrogens with one attached hydrogen (secondary N) is 1. The van der Waals surface area contributed by atoms with E-state index in [2.05, 4.69) is 62.5 Å². The molecular weight excluding hydrogens is 258 g/mol. The molecule has 0 fully saturated rings. The van der Waals surface area contributed by atoms with E-state index in [1.54, 1.807) is 0 Å². The van der Waals surface area contributed by atoms with E-state index < -0.39 is 0 Å². The van der Waals surface area contributed by atoms with Crippen molar-refractivity contribution >= 4 is 0 Å². The van der Waals surface area contributed by atoms with Crippen molar-refractivity contribution in [2.24, 2.45) is 0 Å². The SMILES string of the molecule is CCNC(c1cc(C)cc(C)c1)c1cccc(OCC)c1. The quantitative estimate of drug-likeness (QED) is 0.848. The average molecular weight is 283 g/mol. The predicted octanol–water partition coefficient (Wildman–Crippen LogP) is 4.40. The van der Waals surface area contributed by atoms with Gasteiger partial charge in [-0.1, -0.05) is 48.4 Å². The molecule has 0 aliphatic carbocycles. The van der Waals surface area contributed by atoms with Gasteiger partial charge in [0.05, 0.1) is 12.6 Å². The highest BCUT2D eigenvalue weighted by atomic mass is 16.5. The van der Waals surface area contributed by atoms with Crippen molar-refractivity contribution in [2.45, 2.75) is 33.7 Å². The lowest BCUT2D eigenvalue weighted by Gasteiger charge is -2.21. The van der Waals surface area contributed by atoms with Crippen LogP contribution < -0.4 is 10.1 Å². The van der Waals surface area contributed by atoms with Gasteiger partial charge >= 0.3 is 0 Å². The molecule has 0 aliphatic rings. The van der Waals surface area contributed by atoms with Crippen LogP contribution in [0.3, 0.4) is 0 Å². The molecule has 1 unspecified atom stereocenters. The van der Waals surface area contributed by atoms with E-state index in [0.29, 0.717) is 6.61 Å². The van der Waals surface area contributed by atoms with Gasteiger partial charge in [0.25, 0.3) is 0 Å². The minimum atomic E-state index is 0.203. The molecule has 0 radical (unpaired) electrons. The van der Waals surface area contributed by atoms with Crippen LogP contribution in [0.25, 0.3) is 0 Å². The molecule has 1 N–H and O–H groups in total. The van der Waals surface area contributed by atoms with Crippen LogP contribution in [0.4, 0.5) is 0 Å². The average Bonchev–Trinajstić information content (AvgIpc) is 2.44. The molecule has 2 nitrogen and oxygen atoms in total. The molecule has 0 amide bonds. The fourth-order valence-corrected chi connectivity index (χ4v) is 2.76. The van der Waals surface area contributed by atoms with Gasteiger partial charge in [-0.05, 0) is 50.6 Å². The van der Waals surface area contributed by atoms with Crippen molar-refractivity contribution in [2.75, 3.05) is 13.2 Å². The third-order valence-electron chi connectivity index (χ3n) is 3.49. The second kappa shape index (κ2) is 7.28. The van der Waals surface area contributed by atoms with Gasteiger partial charge in [0.1, 0.15) is 5.75 Å². The van der Waals surface area contributed by atoms with Crippen LogP contribution in [0.15, 0.2) is 42.5 Å². The van der Waals surface area contributed by atoms with Gasteiger partial charge in [-0.3, -0.25) is 0 Å². The summed E-state index contributed by atoms with van der Waals surface area (Å²) in [6.45, 7) is 10.1. The van der Waals surface area contributed by atoms with Crippen LogP contribution in [0.5, 0.6) is 5.75 Å². The van der Waals surface area contributed by atoms with Crippen molar-refractivity contribution in [1.82, 2.24) is 5.32 Å². The first-order chi connectivity index (χ1) is 10.1. The monoisotopic (exact) mass is 283 g/mol. The van der Waals surface area contributed by atoms with Gasteiger partial charge < -0.3 is 10.1 Å². The molecule has 1 atom stereocenters. The lowest BCUT2D eigenvalue weighted by atomic mass is 9.95. The molecule has 2 heteroatoms. The first-order valence-corrected chi connectivity index (χ1v) is 7.68. The Bertz CT molecular complexity index is 572. The molecule has 0 bridgehead atoms. The van der Waals surface area contributed by atoms with E-state index in [1.807, 2.05) is 13.0 Å². The molecule has 0 saturated carbocycles. The van der Waals surface area contributed by atoms with Gasteiger partial charge in [-0.2, -0.15) is 0 Å². The van der Waals surface area contributed by atoms with E-state index in [4.69, 9.17) is 4.74 Å². The third-order valence-corrected chi connectivity index (χ3v) is 3.49. The zero-order chi connectivity index (χ0) is 15.2. The van der Waals surface area contributed by atoms with Crippen molar-refractivity contribution in [3.05, 3.63) is 64.7 Å². The minimum Gasteiger partial charge on any atom is -0.494 e. The zero-order valence-corrected chi connectivity index (χ0v) is 13.4. The van der Waals surface area contributed by atoms with Gasteiger partial charge in [-0.15, -0.1) is 0 Å². The largest absolute Gasteiger partial charge is 0.494 e. The Morgan fingerprint density at radius 1 is 0.952 bits per heavy atom. The summed E-state index contributed by atoms with van der Waals surface area (Å²) < 4.78 is 5.63. The maximum Gasteiger partial charge on any atom is 0.119 e. The Hall–Kier alpha value is -1.80. The third kappa shape index (κ3) is 4.08. The smallest absolute Gasteiger partial charge is 0.119 e. The number of hydrogen-bond acceptors (Lipinski definition) is 2. The highest BCUT2D eigenvalue weighted by molar-refractivity contribution is 5.39. The van der Waals surface area contributed by atoms with Crippen LogP contribution >= 0.6 is 0 Å². The lowest BCUT2D eigenvalue weighted by Crippen LogP contribution is -2.22. The normalized spacial score (nSPS) is 12.2. The summed E-state index contributed by atoms with van der Waals surface area (Å²) in [6.07, 6.45) is 0. The van der Waals surface area contributed by atoms with E-state index in [1.165, 1.54) is 22.3 Å². The molecule has 21 heavy (non-hydrogen) atoms. The van der Waals surface area contributed by atoms with Crippen LogP contribution in [0.1, 0.15) is 42.1 Å². The number of ether oxygens (including phenoxy) is 1. The Labute approximate surface area is 128 Å². The summed E-state index contributed by atoms with van der Waals surface area (Å²) in [4.78, 5) is 0. The molecule has 0 aliphatic heterocycles. The first kappa shape index (κ1) is 15.6.